The highest BCUT2D eigenvalue weighted by Gasteiger charge is 2.25. The summed E-state index contributed by atoms with van der Waals surface area (Å²) in [7, 11) is 0. The number of hydrogen-bond acceptors (Lipinski definition) is 2. The molecular weight excluding hydrogens is 107 g/mol. The summed E-state index contributed by atoms with van der Waals surface area (Å²) >= 11 is 0. The van der Waals surface area contributed by atoms with E-state index in [2.05, 4.69) is 5.32 Å². The Morgan fingerprint density at radius 2 is 2.38 bits per heavy atom. The fourth-order valence-corrected chi connectivity index (χ4v) is 0.773. The summed E-state index contributed by atoms with van der Waals surface area (Å²) in [5.74, 6) is -0.407. The van der Waals surface area contributed by atoms with Gasteiger partial charge in [-0.2, -0.15) is 5.26 Å². The number of halogens is 1. The predicted octanol–water partition coefficient (Wildman–Crippen LogP) is 0.0675. The van der Waals surface area contributed by atoms with Crippen molar-refractivity contribution in [3.63, 3.8) is 0 Å². The first-order valence-electron chi connectivity index (χ1n) is 2.59. The number of hydrogen-bond donors (Lipinski definition) is 1. The van der Waals surface area contributed by atoms with Crippen molar-refractivity contribution in [1.29, 1.82) is 5.26 Å². The van der Waals surface area contributed by atoms with E-state index in [9.17, 15) is 4.39 Å². The topological polar surface area (TPSA) is 35.8 Å². The quantitative estimate of drug-likeness (QED) is 0.483. The molecule has 0 bridgehead atoms. The third kappa shape index (κ3) is 0.797. The third-order valence-electron chi connectivity index (χ3n) is 1.31. The summed E-state index contributed by atoms with van der Waals surface area (Å²) in [6.45, 7) is 0.857. The lowest BCUT2D eigenvalue weighted by Gasteiger charge is -1.96. The molecule has 0 amide bonds. The normalized spacial score (nSPS) is 37.0. The van der Waals surface area contributed by atoms with E-state index in [1.54, 1.807) is 0 Å². The van der Waals surface area contributed by atoms with Crippen LogP contribution in [-0.4, -0.2) is 19.3 Å². The summed E-state index contributed by atoms with van der Waals surface area (Å²) in [5.41, 5.74) is 0. The zero-order valence-corrected chi connectivity index (χ0v) is 4.39. The Hall–Kier alpha value is -0.620. The number of nitrogens with one attached hydrogen (secondary N) is 1. The van der Waals surface area contributed by atoms with Gasteiger partial charge >= 0.3 is 0 Å². The number of nitrogens with zero attached hydrogens (tertiary/aromatic N) is 1. The molecule has 0 unspecified atom stereocenters. The van der Waals surface area contributed by atoms with E-state index < -0.39 is 12.1 Å². The van der Waals surface area contributed by atoms with Crippen molar-refractivity contribution >= 4 is 0 Å². The highest BCUT2D eigenvalue weighted by atomic mass is 19.1. The van der Waals surface area contributed by atoms with Gasteiger partial charge in [0.25, 0.3) is 0 Å². The van der Waals surface area contributed by atoms with E-state index in [4.69, 9.17) is 5.26 Å². The Labute approximate surface area is 47.3 Å². The van der Waals surface area contributed by atoms with Crippen LogP contribution in [0.5, 0.6) is 0 Å². The SMILES string of the molecule is N#C[C@H]1CNC[C@H]1F. The maximum absolute atomic E-state index is 12.3. The first-order valence-corrected chi connectivity index (χ1v) is 2.59. The monoisotopic (exact) mass is 114 g/mol. The molecule has 1 heterocycles. The molecule has 1 aliphatic heterocycles. The highest BCUT2D eigenvalue weighted by Crippen LogP contribution is 2.09. The molecule has 1 N–H and O–H groups in total. The van der Waals surface area contributed by atoms with E-state index in [0.29, 0.717) is 13.1 Å². The van der Waals surface area contributed by atoms with Crippen molar-refractivity contribution in [1.82, 2.24) is 5.32 Å². The molecule has 1 rings (SSSR count). The van der Waals surface area contributed by atoms with Crippen LogP contribution >= 0.6 is 0 Å². The molecule has 1 fully saturated rings. The van der Waals surface area contributed by atoms with Gasteiger partial charge in [0.1, 0.15) is 6.17 Å². The Kier molecular flexibility index (Phi) is 1.45. The molecule has 0 aromatic heterocycles. The number of alkyl halides is 1. The molecule has 0 aromatic carbocycles. The van der Waals surface area contributed by atoms with E-state index in [1.807, 2.05) is 6.07 Å². The average molecular weight is 114 g/mol. The molecule has 2 atom stereocenters. The zero-order chi connectivity index (χ0) is 5.98. The first-order chi connectivity index (χ1) is 3.84. The maximum atomic E-state index is 12.3. The average Bonchev–Trinajstić information content (AvgIpc) is 2.14. The van der Waals surface area contributed by atoms with Crippen LogP contribution in [0.25, 0.3) is 0 Å². The molecule has 1 saturated heterocycles. The van der Waals surface area contributed by atoms with Crippen molar-refractivity contribution in [2.75, 3.05) is 13.1 Å². The summed E-state index contributed by atoms with van der Waals surface area (Å²) in [6, 6.07) is 1.88. The predicted molar refractivity (Wildman–Crippen MR) is 26.9 cm³/mol. The van der Waals surface area contributed by atoms with Crippen LogP contribution in [0.3, 0.4) is 0 Å². The van der Waals surface area contributed by atoms with Crippen LogP contribution < -0.4 is 5.32 Å². The molecule has 0 aliphatic carbocycles. The molecule has 0 radical (unpaired) electrons. The molecular formula is C5H7FN2. The largest absolute Gasteiger partial charge is 0.312 e. The van der Waals surface area contributed by atoms with Crippen LogP contribution in [0.2, 0.25) is 0 Å². The summed E-state index contributed by atoms with van der Waals surface area (Å²) in [4.78, 5) is 0. The molecule has 1 aliphatic rings. The van der Waals surface area contributed by atoms with Gasteiger partial charge in [0.05, 0.1) is 12.0 Å². The van der Waals surface area contributed by atoms with Crippen molar-refractivity contribution in [2.45, 2.75) is 6.17 Å². The Morgan fingerprint density at radius 1 is 1.62 bits per heavy atom. The van der Waals surface area contributed by atoms with Gasteiger partial charge in [-0.25, -0.2) is 4.39 Å². The molecule has 8 heavy (non-hydrogen) atoms. The minimum absolute atomic E-state index is 0.345. The molecule has 3 heteroatoms. The highest BCUT2D eigenvalue weighted by molar-refractivity contribution is 4.95. The Morgan fingerprint density at radius 3 is 2.62 bits per heavy atom. The minimum atomic E-state index is -0.944. The standard InChI is InChI=1S/C5H7FN2/c6-5-3-8-2-4(5)1-7/h4-5,8H,2-3H2/t4-,5+/m0/s1. The van der Waals surface area contributed by atoms with Crippen LogP contribution in [0, 0.1) is 17.2 Å². The van der Waals surface area contributed by atoms with Gasteiger partial charge in [0.15, 0.2) is 0 Å². The van der Waals surface area contributed by atoms with Crippen molar-refractivity contribution < 1.29 is 4.39 Å². The lowest BCUT2D eigenvalue weighted by Crippen LogP contribution is -2.09. The van der Waals surface area contributed by atoms with Gasteiger partial charge in [0, 0.05) is 13.1 Å². The molecule has 0 saturated carbocycles. The summed E-state index contributed by atoms with van der Waals surface area (Å²) in [5, 5.41) is 11.0. The second kappa shape index (κ2) is 2.10. The first kappa shape index (κ1) is 5.52. The molecule has 0 spiro atoms. The third-order valence-corrected chi connectivity index (χ3v) is 1.31. The molecule has 2 nitrogen and oxygen atoms in total. The van der Waals surface area contributed by atoms with Crippen molar-refractivity contribution in [2.24, 2.45) is 5.92 Å². The van der Waals surface area contributed by atoms with Gasteiger partial charge in [-0.15, -0.1) is 0 Å². The van der Waals surface area contributed by atoms with Crippen molar-refractivity contribution in [3.05, 3.63) is 0 Å². The summed E-state index contributed by atoms with van der Waals surface area (Å²) < 4.78 is 12.3. The van der Waals surface area contributed by atoms with Gasteiger partial charge in [-0.3, -0.25) is 0 Å². The second-order valence-electron chi connectivity index (χ2n) is 1.91. The smallest absolute Gasteiger partial charge is 0.129 e. The fraction of sp³-hybridized carbons (Fsp3) is 0.800. The van der Waals surface area contributed by atoms with Gasteiger partial charge in [-0.1, -0.05) is 0 Å². The van der Waals surface area contributed by atoms with Crippen LogP contribution in [0.15, 0.2) is 0 Å². The number of nitriles is 1. The molecule has 44 valence electrons. The fourth-order valence-electron chi connectivity index (χ4n) is 0.773. The Balaban J connectivity index is 2.45. The van der Waals surface area contributed by atoms with E-state index in [1.165, 1.54) is 0 Å². The number of rotatable bonds is 0. The Bertz CT molecular complexity index is 118. The lowest BCUT2D eigenvalue weighted by atomic mass is 10.1. The zero-order valence-electron chi connectivity index (χ0n) is 4.39. The van der Waals surface area contributed by atoms with E-state index >= 15 is 0 Å². The maximum Gasteiger partial charge on any atom is 0.129 e. The van der Waals surface area contributed by atoms with Gasteiger partial charge < -0.3 is 5.32 Å². The second-order valence-corrected chi connectivity index (χ2v) is 1.91. The lowest BCUT2D eigenvalue weighted by molar-refractivity contribution is 0.322. The van der Waals surface area contributed by atoms with Crippen molar-refractivity contribution in [3.8, 4) is 6.07 Å². The van der Waals surface area contributed by atoms with E-state index in [0.717, 1.165) is 0 Å². The van der Waals surface area contributed by atoms with Crippen LogP contribution in [0.1, 0.15) is 0 Å². The van der Waals surface area contributed by atoms with Crippen LogP contribution in [0.4, 0.5) is 4.39 Å². The van der Waals surface area contributed by atoms with Crippen LogP contribution in [-0.2, 0) is 0 Å². The minimum Gasteiger partial charge on any atom is -0.312 e. The van der Waals surface area contributed by atoms with Gasteiger partial charge in [-0.05, 0) is 0 Å². The van der Waals surface area contributed by atoms with Gasteiger partial charge in [0.2, 0.25) is 0 Å². The summed E-state index contributed by atoms with van der Waals surface area (Å²) in [6.07, 6.45) is -0.944. The van der Waals surface area contributed by atoms with E-state index in [-0.39, 0.29) is 0 Å². The molecule has 0 aromatic rings.